The van der Waals surface area contributed by atoms with Gasteiger partial charge in [-0.1, -0.05) is 173 Å². The lowest BCUT2D eigenvalue weighted by atomic mass is 9.91. The highest BCUT2D eigenvalue weighted by Gasteiger charge is 2.14. The van der Waals surface area contributed by atoms with Crippen molar-refractivity contribution in [3.63, 3.8) is 0 Å². The lowest BCUT2D eigenvalue weighted by Gasteiger charge is -2.14. The summed E-state index contributed by atoms with van der Waals surface area (Å²) in [6.45, 7) is 4.55. The Hall–Kier alpha value is -1.39. The maximum Gasteiger partial charge on any atom is 0.294 e. The smallest absolute Gasteiger partial charge is 0.282 e. The number of fused-ring (bicyclic) bond motifs is 1. The molecule has 0 saturated carbocycles. The minimum atomic E-state index is -4.21. The molecule has 2 aromatic carbocycles. The number of hydrogen-bond donors (Lipinski definition) is 1. The molecule has 0 amide bonds. The molecule has 0 heterocycles. The van der Waals surface area contributed by atoms with Crippen molar-refractivity contribution >= 4 is 20.9 Å². The van der Waals surface area contributed by atoms with Crippen LogP contribution in [0.3, 0.4) is 0 Å². The summed E-state index contributed by atoms with van der Waals surface area (Å²) in [7, 11) is -4.21. The zero-order valence-corrected chi connectivity index (χ0v) is 28.3. The zero-order valence-electron chi connectivity index (χ0n) is 27.4. The third-order valence-electron chi connectivity index (χ3n) is 9.08. The van der Waals surface area contributed by atoms with Gasteiger partial charge in [0.1, 0.15) is 0 Å². The summed E-state index contributed by atoms with van der Waals surface area (Å²) in [5.74, 6) is 0. The highest BCUT2D eigenvalue weighted by molar-refractivity contribution is 7.85. The third-order valence-corrected chi connectivity index (χ3v) is 9.93. The lowest BCUT2D eigenvalue weighted by Crippen LogP contribution is -2.01. The average Bonchev–Trinajstić information content (AvgIpc) is 2.98. The van der Waals surface area contributed by atoms with Crippen molar-refractivity contribution in [2.24, 2.45) is 0 Å². The second kappa shape index (κ2) is 23.1. The maximum absolute atomic E-state index is 11.9. The quantitative estimate of drug-likeness (QED) is 0.0819. The van der Waals surface area contributed by atoms with Crippen LogP contribution in [0.2, 0.25) is 0 Å². The van der Waals surface area contributed by atoms with E-state index in [1.54, 1.807) is 6.07 Å². The third kappa shape index (κ3) is 15.9. The molecule has 0 unspecified atom stereocenters. The van der Waals surface area contributed by atoms with Gasteiger partial charge >= 0.3 is 0 Å². The first-order valence-corrected chi connectivity index (χ1v) is 19.4. The van der Waals surface area contributed by atoms with Crippen LogP contribution in [0.1, 0.15) is 179 Å². The summed E-state index contributed by atoms with van der Waals surface area (Å²) in [6, 6.07) is 9.47. The van der Waals surface area contributed by atoms with E-state index in [1.165, 1.54) is 165 Å². The Kier molecular flexibility index (Phi) is 20.2. The van der Waals surface area contributed by atoms with Crippen LogP contribution in [0.15, 0.2) is 35.2 Å². The first-order valence-electron chi connectivity index (χ1n) is 18.0. The molecule has 42 heavy (non-hydrogen) atoms. The molecule has 0 atom stereocenters. The molecular formula is C38H64O3S. The molecule has 3 nitrogen and oxygen atoms in total. The fraction of sp³-hybridized carbons (Fsp3) is 0.737. The lowest BCUT2D eigenvalue weighted by molar-refractivity contribution is 0.483. The summed E-state index contributed by atoms with van der Waals surface area (Å²) < 4.78 is 33.5. The second-order valence-electron chi connectivity index (χ2n) is 12.8. The normalized spacial score (nSPS) is 12.0. The summed E-state index contributed by atoms with van der Waals surface area (Å²) in [5, 5.41) is 2.07. The van der Waals surface area contributed by atoms with Gasteiger partial charge in [0.15, 0.2) is 0 Å². The fourth-order valence-corrected chi connectivity index (χ4v) is 6.90. The van der Waals surface area contributed by atoms with Crippen LogP contribution >= 0.6 is 0 Å². The molecule has 4 heteroatoms. The Morgan fingerprint density at radius 2 is 0.881 bits per heavy atom. The van der Waals surface area contributed by atoms with E-state index < -0.39 is 10.1 Å². The molecule has 1 N–H and O–H groups in total. The van der Waals surface area contributed by atoms with Crippen LogP contribution in [0, 0.1) is 0 Å². The number of hydrogen-bond acceptors (Lipinski definition) is 2. The minimum Gasteiger partial charge on any atom is -0.282 e. The molecule has 0 fully saturated rings. The first kappa shape index (κ1) is 36.8. The number of rotatable bonds is 27. The summed E-state index contributed by atoms with van der Waals surface area (Å²) in [4.78, 5) is 0.00783. The van der Waals surface area contributed by atoms with Crippen LogP contribution in [0.5, 0.6) is 0 Å². The van der Waals surface area contributed by atoms with E-state index in [4.69, 9.17) is 0 Å². The predicted octanol–water partition coefficient (Wildman–Crippen LogP) is 12.6. The second-order valence-corrected chi connectivity index (χ2v) is 14.3. The molecule has 240 valence electrons. The van der Waals surface area contributed by atoms with Gasteiger partial charge in [0.05, 0.1) is 4.90 Å². The van der Waals surface area contributed by atoms with Crippen LogP contribution in [-0.2, 0) is 23.0 Å². The van der Waals surface area contributed by atoms with Crippen molar-refractivity contribution in [1.29, 1.82) is 0 Å². The molecular weight excluding hydrogens is 536 g/mol. The van der Waals surface area contributed by atoms with E-state index in [0.29, 0.717) is 0 Å². The molecule has 0 aliphatic carbocycles. The van der Waals surface area contributed by atoms with E-state index in [0.717, 1.165) is 30.0 Å². The average molecular weight is 601 g/mol. The number of benzene rings is 2. The number of unbranched alkanes of at least 4 members (excludes halogenated alkanes) is 22. The Bertz CT molecular complexity index is 1060. The molecule has 0 saturated heterocycles. The van der Waals surface area contributed by atoms with Gasteiger partial charge in [-0.3, -0.25) is 4.55 Å². The largest absolute Gasteiger partial charge is 0.294 e. The van der Waals surface area contributed by atoms with Crippen molar-refractivity contribution in [2.45, 2.75) is 186 Å². The fourth-order valence-electron chi connectivity index (χ4n) is 6.40. The highest BCUT2D eigenvalue weighted by atomic mass is 32.2. The van der Waals surface area contributed by atoms with E-state index in [-0.39, 0.29) is 4.90 Å². The molecule has 0 aliphatic heterocycles. The predicted molar refractivity (Wildman–Crippen MR) is 183 cm³/mol. The maximum atomic E-state index is 11.9. The molecule has 0 spiro atoms. The molecule has 0 aromatic heterocycles. The van der Waals surface area contributed by atoms with Gasteiger partial charge in [0, 0.05) is 0 Å². The van der Waals surface area contributed by atoms with Crippen molar-refractivity contribution in [2.75, 3.05) is 0 Å². The SMILES string of the molecule is CCCCCCCCCCCCCCc1ccc2ccc(S(=O)(=O)O)cc2c1CCCCCCCCCCCCCC. The van der Waals surface area contributed by atoms with E-state index in [9.17, 15) is 13.0 Å². The Labute approximate surface area is 260 Å². The molecule has 2 aromatic rings. The van der Waals surface area contributed by atoms with Gasteiger partial charge in [-0.25, -0.2) is 0 Å². The van der Waals surface area contributed by atoms with Gasteiger partial charge < -0.3 is 0 Å². The van der Waals surface area contributed by atoms with E-state index in [1.807, 2.05) is 6.07 Å². The monoisotopic (exact) mass is 600 g/mol. The molecule has 0 radical (unpaired) electrons. The first-order chi connectivity index (χ1) is 20.5. The summed E-state index contributed by atoms with van der Waals surface area (Å²) >= 11 is 0. The standard InChI is InChI=1S/C38H64O3S/c1-3-5-7-9-11-13-15-17-19-21-23-25-27-34-29-30-35-31-32-36(42(39,40)41)33-38(35)37(34)28-26-24-22-20-18-16-14-12-10-8-6-4-2/h29-33H,3-28H2,1-2H3,(H,39,40,41). The summed E-state index contributed by atoms with van der Waals surface area (Å²) in [6.07, 6.45) is 34.2. The topological polar surface area (TPSA) is 54.4 Å². The van der Waals surface area contributed by atoms with Crippen LogP contribution < -0.4 is 0 Å². The Morgan fingerprint density at radius 1 is 0.500 bits per heavy atom. The molecule has 0 bridgehead atoms. The van der Waals surface area contributed by atoms with Crippen molar-refractivity contribution in [1.82, 2.24) is 0 Å². The van der Waals surface area contributed by atoms with Crippen LogP contribution in [-0.4, -0.2) is 13.0 Å². The van der Waals surface area contributed by atoms with E-state index in [2.05, 4.69) is 26.0 Å². The molecule has 2 rings (SSSR count). The van der Waals surface area contributed by atoms with Crippen molar-refractivity contribution < 1.29 is 13.0 Å². The van der Waals surface area contributed by atoms with E-state index >= 15 is 0 Å². The van der Waals surface area contributed by atoms with Gasteiger partial charge in [-0.2, -0.15) is 8.42 Å². The Morgan fingerprint density at radius 3 is 1.31 bits per heavy atom. The van der Waals surface area contributed by atoms with Gasteiger partial charge in [-0.05, 0) is 59.7 Å². The van der Waals surface area contributed by atoms with Gasteiger partial charge in [-0.15, -0.1) is 0 Å². The minimum absolute atomic E-state index is 0.00783. The molecule has 0 aliphatic rings. The Balaban J connectivity index is 1.80. The highest BCUT2D eigenvalue weighted by Crippen LogP contribution is 2.29. The van der Waals surface area contributed by atoms with Crippen LogP contribution in [0.4, 0.5) is 0 Å². The van der Waals surface area contributed by atoms with Gasteiger partial charge in [0.2, 0.25) is 0 Å². The van der Waals surface area contributed by atoms with Crippen molar-refractivity contribution in [3.8, 4) is 0 Å². The van der Waals surface area contributed by atoms with Gasteiger partial charge in [0.25, 0.3) is 10.1 Å². The summed E-state index contributed by atoms with van der Waals surface area (Å²) in [5.41, 5.74) is 2.67. The zero-order chi connectivity index (χ0) is 30.3. The van der Waals surface area contributed by atoms with Crippen molar-refractivity contribution in [3.05, 3.63) is 41.5 Å². The van der Waals surface area contributed by atoms with Crippen LogP contribution in [0.25, 0.3) is 10.8 Å². The number of aryl methyl sites for hydroxylation is 2.